The van der Waals surface area contributed by atoms with E-state index < -0.39 is 0 Å². The standard InChI is InChI=1S/C15H18N4O2/c20-7-6-19-14-11-18(10-13(14)9-17-19)15(21)4-3-12-2-1-5-16-8-12/h1-2,5,8-9,20H,3-4,6-7,10-11H2. The predicted octanol–water partition coefficient (Wildman–Crippen LogP) is 0.745. The molecule has 0 radical (unpaired) electrons. The van der Waals surface area contributed by atoms with Gasteiger partial charge in [0.05, 0.1) is 31.6 Å². The number of aryl methyl sites for hydroxylation is 1. The highest BCUT2D eigenvalue weighted by molar-refractivity contribution is 5.77. The monoisotopic (exact) mass is 286 g/mol. The van der Waals surface area contributed by atoms with Crippen molar-refractivity contribution in [1.82, 2.24) is 19.7 Å². The molecule has 21 heavy (non-hydrogen) atoms. The summed E-state index contributed by atoms with van der Waals surface area (Å²) in [6, 6.07) is 3.87. The Balaban J connectivity index is 1.58. The SMILES string of the molecule is O=C(CCc1cccnc1)N1Cc2cnn(CCO)c2C1. The summed E-state index contributed by atoms with van der Waals surface area (Å²) >= 11 is 0. The van der Waals surface area contributed by atoms with Crippen molar-refractivity contribution in [3.63, 3.8) is 0 Å². The molecule has 0 fully saturated rings. The Bertz CT molecular complexity index is 624. The lowest BCUT2D eigenvalue weighted by Crippen LogP contribution is -2.26. The minimum absolute atomic E-state index is 0.0586. The molecule has 0 spiro atoms. The number of amides is 1. The van der Waals surface area contributed by atoms with Crippen LogP contribution in [0.1, 0.15) is 23.2 Å². The zero-order valence-corrected chi connectivity index (χ0v) is 11.8. The lowest BCUT2D eigenvalue weighted by Gasteiger charge is -2.16. The summed E-state index contributed by atoms with van der Waals surface area (Å²) < 4.78 is 1.78. The summed E-state index contributed by atoms with van der Waals surface area (Å²) in [5, 5.41) is 13.2. The van der Waals surface area contributed by atoms with Crippen LogP contribution in [0.3, 0.4) is 0 Å². The second kappa shape index (κ2) is 6.05. The smallest absolute Gasteiger partial charge is 0.223 e. The first-order valence-corrected chi connectivity index (χ1v) is 7.09. The van der Waals surface area contributed by atoms with Crippen LogP contribution in [0.15, 0.2) is 30.7 Å². The number of carbonyl (C=O) groups excluding carboxylic acids is 1. The Morgan fingerprint density at radius 1 is 1.33 bits per heavy atom. The molecule has 0 saturated carbocycles. The number of fused-ring (bicyclic) bond motifs is 1. The highest BCUT2D eigenvalue weighted by atomic mass is 16.3. The van der Waals surface area contributed by atoms with Crippen LogP contribution in [-0.4, -0.2) is 37.3 Å². The Morgan fingerprint density at radius 2 is 2.24 bits per heavy atom. The lowest BCUT2D eigenvalue weighted by molar-refractivity contribution is -0.131. The third-order valence-electron chi connectivity index (χ3n) is 3.75. The van der Waals surface area contributed by atoms with Crippen molar-refractivity contribution in [3.05, 3.63) is 47.5 Å². The van der Waals surface area contributed by atoms with E-state index in [1.165, 1.54) is 0 Å². The van der Waals surface area contributed by atoms with E-state index in [4.69, 9.17) is 5.11 Å². The third kappa shape index (κ3) is 2.95. The minimum atomic E-state index is 0.0586. The van der Waals surface area contributed by atoms with Crippen molar-refractivity contribution in [2.75, 3.05) is 6.61 Å². The zero-order chi connectivity index (χ0) is 14.7. The van der Waals surface area contributed by atoms with Gasteiger partial charge in [-0.05, 0) is 18.1 Å². The van der Waals surface area contributed by atoms with E-state index in [0.717, 1.165) is 16.8 Å². The highest BCUT2D eigenvalue weighted by Gasteiger charge is 2.26. The van der Waals surface area contributed by atoms with Crippen molar-refractivity contribution in [2.45, 2.75) is 32.5 Å². The normalized spacial score (nSPS) is 13.5. The molecule has 2 aromatic rings. The molecule has 1 aliphatic rings. The van der Waals surface area contributed by atoms with Gasteiger partial charge in [-0.15, -0.1) is 0 Å². The van der Waals surface area contributed by atoms with Crippen molar-refractivity contribution < 1.29 is 9.90 Å². The number of aliphatic hydroxyl groups is 1. The number of hydrogen-bond donors (Lipinski definition) is 1. The fourth-order valence-corrected chi connectivity index (χ4v) is 2.63. The van der Waals surface area contributed by atoms with Crippen molar-refractivity contribution in [1.29, 1.82) is 0 Å². The van der Waals surface area contributed by atoms with E-state index >= 15 is 0 Å². The number of nitrogens with zero attached hydrogens (tertiary/aromatic N) is 4. The van der Waals surface area contributed by atoms with E-state index in [0.29, 0.717) is 32.5 Å². The van der Waals surface area contributed by atoms with Gasteiger partial charge in [0.25, 0.3) is 0 Å². The molecule has 0 unspecified atom stereocenters. The molecule has 6 nitrogen and oxygen atoms in total. The van der Waals surface area contributed by atoms with E-state index in [1.54, 1.807) is 23.3 Å². The molecule has 6 heteroatoms. The number of aliphatic hydroxyl groups excluding tert-OH is 1. The molecule has 0 bridgehead atoms. The Hall–Kier alpha value is -2.21. The van der Waals surface area contributed by atoms with Crippen molar-refractivity contribution in [2.24, 2.45) is 0 Å². The first kappa shape index (κ1) is 13.8. The summed E-state index contributed by atoms with van der Waals surface area (Å²) in [5.74, 6) is 0.144. The van der Waals surface area contributed by atoms with E-state index in [-0.39, 0.29) is 12.5 Å². The highest BCUT2D eigenvalue weighted by Crippen LogP contribution is 2.23. The van der Waals surface area contributed by atoms with Crippen LogP contribution in [0.2, 0.25) is 0 Å². The van der Waals surface area contributed by atoms with Gasteiger partial charge in [0.1, 0.15) is 0 Å². The molecule has 2 aromatic heterocycles. The molecule has 3 rings (SSSR count). The maximum Gasteiger partial charge on any atom is 0.223 e. The summed E-state index contributed by atoms with van der Waals surface area (Å²) in [6.07, 6.45) is 6.52. The van der Waals surface area contributed by atoms with Crippen LogP contribution in [0, 0.1) is 0 Å². The number of aromatic nitrogens is 3. The van der Waals surface area contributed by atoms with Gasteiger partial charge in [-0.2, -0.15) is 5.10 Å². The Kier molecular flexibility index (Phi) is 3.96. The van der Waals surface area contributed by atoms with Crippen molar-refractivity contribution in [3.8, 4) is 0 Å². The molecule has 1 amide bonds. The number of carbonyl (C=O) groups is 1. The second-order valence-corrected chi connectivity index (χ2v) is 5.17. The van der Waals surface area contributed by atoms with Gasteiger partial charge in [0, 0.05) is 30.9 Å². The topological polar surface area (TPSA) is 71.2 Å². The van der Waals surface area contributed by atoms with E-state index in [2.05, 4.69) is 10.1 Å². The van der Waals surface area contributed by atoms with E-state index in [1.807, 2.05) is 17.0 Å². The lowest BCUT2D eigenvalue weighted by atomic mass is 10.1. The third-order valence-corrected chi connectivity index (χ3v) is 3.75. The van der Waals surface area contributed by atoms with E-state index in [9.17, 15) is 4.79 Å². The maximum absolute atomic E-state index is 12.3. The second-order valence-electron chi connectivity index (χ2n) is 5.17. The van der Waals surface area contributed by atoms with Gasteiger partial charge >= 0.3 is 0 Å². The molecule has 110 valence electrons. The molecular weight excluding hydrogens is 268 g/mol. The molecule has 1 aliphatic heterocycles. The number of hydrogen-bond acceptors (Lipinski definition) is 4. The van der Waals surface area contributed by atoms with Gasteiger partial charge in [-0.3, -0.25) is 14.5 Å². The molecule has 0 saturated heterocycles. The molecule has 0 atom stereocenters. The van der Waals surface area contributed by atoms with Crippen LogP contribution >= 0.6 is 0 Å². The zero-order valence-electron chi connectivity index (χ0n) is 11.8. The summed E-state index contributed by atoms with van der Waals surface area (Å²) in [7, 11) is 0. The number of rotatable bonds is 5. The van der Waals surface area contributed by atoms with Crippen LogP contribution in [-0.2, 0) is 30.8 Å². The average Bonchev–Trinajstić information content (AvgIpc) is 3.08. The molecular formula is C15H18N4O2. The molecule has 0 aliphatic carbocycles. The Morgan fingerprint density at radius 3 is 3.00 bits per heavy atom. The van der Waals surface area contributed by atoms with Crippen LogP contribution in [0.4, 0.5) is 0 Å². The first-order chi connectivity index (χ1) is 10.3. The minimum Gasteiger partial charge on any atom is -0.394 e. The van der Waals surface area contributed by atoms with Gasteiger partial charge in [-0.25, -0.2) is 0 Å². The summed E-state index contributed by atoms with van der Waals surface area (Å²) in [6.45, 7) is 1.74. The fraction of sp³-hybridized carbons (Fsp3) is 0.400. The van der Waals surface area contributed by atoms with Gasteiger partial charge < -0.3 is 10.0 Å². The van der Waals surface area contributed by atoms with Gasteiger partial charge in [0.15, 0.2) is 0 Å². The molecule has 0 aromatic carbocycles. The summed E-state index contributed by atoms with van der Waals surface area (Å²) in [5.41, 5.74) is 3.20. The van der Waals surface area contributed by atoms with Crippen molar-refractivity contribution >= 4 is 5.91 Å². The first-order valence-electron chi connectivity index (χ1n) is 7.09. The maximum atomic E-state index is 12.3. The van der Waals surface area contributed by atoms with Gasteiger partial charge in [-0.1, -0.05) is 6.07 Å². The Labute approximate surface area is 123 Å². The predicted molar refractivity (Wildman–Crippen MR) is 76.1 cm³/mol. The largest absolute Gasteiger partial charge is 0.394 e. The van der Waals surface area contributed by atoms with Crippen LogP contribution in [0.5, 0.6) is 0 Å². The molecule has 1 N–H and O–H groups in total. The van der Waals surface area contributed by atoms with Gasteiger partial charge in [0.2, 0.25) is 5.91 Å². The quantitative estimate of drug-likeness (QED) is 0.880. The summed E-state index contributed by atoms with van der Waals surface area (Å²) in [4.78, 5) is 18.2. The number of pyridine rings is 1. The fourth-order valence-electron chi connectivity index (χ4n) is 2.63. The average molecular weight is 286 g/mol. The van der Waals surface area contributed by atoms with Crippen LogP contribution in [0.25, 0.3) is 0 Å². The van der Waals surface area contributed by atoms with Crippen LogP contribution < -0.4 is 0 Å². The molecule has 3 heterocycles.